The molecule has 0 spiro atoms. The molecule has 1 saturated carbocycles. The zero-order valence-corrected chi connectivity index (χ0v) is 11.1. The molecular formula is C14H23N3O. The maximum Gasteiger partial charge on any atom is 0.253 e. The van der Waals surface area contributed by atoms with Gasteiger partial charge in [0, 0.05) is 24.8 Å². The second kappa shape index (κ2) is 6.69. The van der Waals surface area contributed by atoms with Crippen LogP contribution in [0.25, 0.3) is 0 Å². The molecule has 1 aromatic heterocycles. The average Bonchev–Trinajstić information content (AvgIpc) is 2.90. The number of nitrogens with one attached hydrogen (secondary N) is 1. The summed E-state index contributed by atoms with van der Waals surface area (Å²) in [6.07, 6.45) is 9.58. The molecule has 0 amide bonds. The summed E-state index contributed by atoms with van der Waals surface area (Å²) in [6, 6.07) is 1.94. The van der Waals surface area contributed by atoms with Crippen LogP contribution >= 0.6 is 0 Å². The van der Waals surface area contributed by atoms with Crippen LogP contribution < -0.4 is 10.9 Å². The van der Waals surface area contributed by atoms with Gasteiger partial charge in [-0.2, -0.15) is 0 Å². The molecule has 0 bridgehead atoms. The van der Waals surface area contributed by atoms with Gasteiger partial charge in [0.25, 0.3) is 5.56 Å². The lowest BCUT2D eigenvalue weighted by Crippen LogP contribution is -2.41. The summed E-state index contributed by atoms with van der Waals surface area (Å²) in [5, 5.41) is 3.60. The minimum atomic E-state index is 0.0475. The quantitative estimate of drug-likeness (QED) is 0.836. The van der Waals surface area contributed by atoms with Crippen molar-refractivity contribution in [1.82, 2.24) is 14.9 Å². The van der Waals surface area contributed by atoms with Gasteiger partial charge in [-0.3, -0.25) is 9.36 Å². The Bertz CT molecular complexity index is 410. The van der Waals surface area contributed by atoms with Crippen LogP contribution in [0, 0.1) is 5.92 Å². The van der Waals surface area contributed by atoms with E-state index >= 15 is 0 Å². The van der Waals surface area contributed by atoms with Crippen LogP contribution in [0.5, 0.6) is 0 Å². The smallest absolute Gasteiger partial charge is 0.253 e. The Labute approximate surface area is 108 Å². The molecule has 100 valence electrons. The van der Waals surface area contributed by atoms with E-state index in [1.54, 1.807) is 17.1 Å². The summed E-state index contributed by atoms with van der Waals surface area (Å²) in [6.45, 7) is 3.95. The van der Waals surface area contributed by atoms with Gasteiger partial charge < -0.3 is 5.32 Å². The number of nitrogens with zero attached hydrogens (tertiary/aromatic N) is 2. The number of aromatic nitrogens is 2. The van der Waals surface area contributed by atoms with Crippen LogP contribution in [0.4, 0.5) is 0 Å². The third kappa shape index (κ3) is 3.42. The first-order chi connectivity index (χ1) is 8.81. The molecule has 1 atom stereocenters. The first-order valence-corrected chi connectivity index (χ1v) is 7.05. The molecule has 4 heteroatoms. The molecule has 1 aromatic rings. The molecule has 0 radical (unpaired) electrons. The molecule has 0 aromatic carbocycles. The van der Waals surface area contributed by atoms with Gasteiger partial charge in [-0.25, -0.2) is 4.98 Å². The van der Waals surface area contributed by atoms with E-state index in [2.05, 4.69) is 17.2 Å². The van der Waals surface area contributed by atoms with Gasteiger partial charge in [-0.1, -0.05) is 19.8 Å². The predicted molar refractivity (Wildman–Crippen MR) is 72.5 cm³/mol. The van der Waals surface area contributed by atoms with Gasteiger partial charge in [0.2, 0.25) is 0 Å². The normalized spacial score (nSPS) is 18.1. The van der Waals surface area contributed by atoms with Gasteiger partial charge in [0.15, 0.2) is 0 Å². The van der Waals surface area contributed by atoms with Crippen molar-refractivity contribution in [3.8, 4) is 0 Å². The zero-order chi connectivity index (χ0) is 12.8. The van der Waals surface area contributed by atoms with Crippen LogP contribution in [0.15, 0.2) is 23.4 Å². The minimum Gasteiger partial charge on any atom is -0.312 e. The van der Waals surface area contributed by atoms with E-state index in [-0.39, 0.29) is 5.56 Å². The molecule has 1 N–H and O–H groups in total. The van der Waals surface area contributed by atoms with E-state index < -0.39 is 0 Å². The lowest BCUT2D eigenvalue weighted by atomic mass is 9.98. The average molecular weight is 249 g/mol. The summed E-state index contributed by atoms with van der Waals surface area (Å²) < 4.78 is 1.73. The SMILES string of the molecule is CCCNC(Cn1cnccc1=O)C1CCCC1. The Hall–Kier alpha value is -1.16. The minimum absolute atomic E-state index is 0.0475. The second-order valence-corrected chi connectivity index (χ2v) is 5.18. The third-order valence-corrected chi connectivity index (χ3v) is 3.81. The largest absolute Gasteiger partial charge is 0.312 e. The van der Waals surface area contributed by atoms with Crippen molar-refractivity contribution in [2.75, 3.05) is 6.54 Å². The van der Waals surface area contributed by atoms with E-state index in [1.165, 1.54) is 31.7 Å². The van der Waals surface area contributed by atoms with E-state index in [0.29, 0.717) is 12.0 Å². The van der Waals surface area contributed by atoms with E-state index in [4.69, 9.17) is 0 Å². The summed E-state index contributed by atoms with van der Waals surface area (Å²) in [7, 11) is 0. The Kier molecular flexibility index (Phi) is 4.93. The number of rotatable bonds is 6. The fourth-order valence-corrected chi connectivity index (χ4v) is 2.80. The molecule has 1 fully saturated rings. The van der Waals surface area contributed by atoms with Gasteiger partial charge in [-0.15, -0.1) is 0 Å². The maximum absolute atomic E-state index is 11.7. The summed E-state index contributed by atoms with van der Waals surface area (Å²) in [4.78, 5) is 15.8. The summed E-state index contributed by atoms with van der Waals surface area (Å²) in [5.74, 6) is 0.712. The molecule has 1 aliphatic carbocycles. The standard InChI is InChI=1S/C14H23N3O/c1-2-8-16-13(12-5-3-4-6-12)10-17-11-15-9-7-14(17)18/h7,9,11-13,16H,2-6,8,10H2,1H3. The summed E-state index contributed by atoms with van der Waals surface area (Å²) >= 11 is 0. The van der Waals surface area contributed by atoms with Crippen LogP contribution in [0.1, 0.15) is 39.0 Å². The van der Waals surface area contributed by atoms with Crippen LogP contribution in [-0.4, -0.2) is 22.1 Å². The van der Waals surface area contributed by atoms with E-state index in [1.807, 2.05) is 0 Å². The first-order valence-electron chi connectivity index (χ1n) is 7.05. The monoisotopic (exact) mass is 249 g/mol. The van der Waals surface area contributed by atoms with Crippen molar-refractivity contribution in [1.29, 1.82) is 0 Å². The topological polar surface area (TPSA) is 46.9 Å². The van der Waals surface area contributed by atoms with Crippen LogP contribution in [0.2, 0.25) is 0 Å². The zero-order valence-electron chi connectivity index (χ0n) is 11.1. The Morgan fingerprint density at radius 2 is 2.28 bits per heavy atom. The molecule has 1 unspecified atom stereocenters. The highest BCUT2D eigenvalue weighted by molar-refractivity contribution is 4.86. The third-order valence-electron chi connectivity index (χ3n) is 3.81. The fraction of sp³-hybridized carbons (Fsp3) is 0.714. The van der Waals surface area contributed by atoms with Gasteiger partial charge in [0.1, 0.15) is 0 Å². The van der Waals surface area contributed by atoms with Crippen molar-refractivity contribution in [2.24, 2.45) is 5.92 Å². The van der Waals surface area contributed by atoms with Crippen molar-refractivity contribution >= 4 is 0 Å². The molecule has 0 aliphatic heterocycles. The van der Waals surface area contributed by atoms with Crippen molar-refractivity contribution in [3.05, 3.63) is 28.9 Å². The maximum atomic E-state index is 11.7. The van der Waals surface area contributed by atoms with Crippen molar-refractivity contribution in [2.45, 2.75) is 51.6 Å². The Morgan fingerprint density at radius 1 is 1.50 bits per heavy atom. The number of hydrogen-bond donors (Lipinski definition) is 1. The highest BCUT2D eigenvalue weighted by Crippen LogP contribution is 2.28. The highest BCUT2D eigenvalue weighted by atomic mass is 16.1. The number of hydrogen-bond acceptors (Lipinski definition) is 3. The molecule has 0 saturated heterocycles. The van der Waals surface area contributed by atoms with Crippen LogP contribution in [0.3, 0.4) is 0 Å². The molecule has 2 rings (SSSR count). The highest BCUT2D eigenvalue weighted by Gasteiger charge is 2.24. The van der Waals surface area contributed by atoms with Gasteiger partial charge >= 0.3 is 0 Å². The molecule has 18 heavy (non-hydrogen) atoms. The lowest BCUT2D eigenvalue weighted by molar-refractivity contribution is 0.318. The van der Waals surface area contributed by atoms with Gasteiger partial charge in [-0.05, 0) is 31.7 Å². The summed E-state index contributed by atoms with van der Waals surface area (Å²) in [5.41, 5.74) is 0.0475. The van der Waals surface area contributed by atoms with E-state index in [0.717, 1.165) is 19.5 Å². The van der Waals surface area contributed by atoms with E-state index in [9.17, 15) is 4.79 Å². The molecule has 1 heterocycles. The predicted octanol–water partition coefficient (Wildman–Crippen LogP) is 1.80. The first kappa shape index (κ1) is 13.3. The van der Waals surface area contributed by atoms with Crippen molar-refractivity contribution in [3.63, 3.8) is 0 Å². The fourth-order valence-electron chi connectivity index (χ4n) is 2.80. The molecule has 1 aliphatic rings. The molecule has 4 nitrogen and oxygen atoms in total. The Balaban J connectivity index is 2.04. The molecular weight excluding hydrogens is 226 g/mol. The van der Waals surface area contributed by atoms with Crippen LogP contribution in [-0.2, 0) is 6.54 Å². The Morgan fingerprint density at radius 3 is 2.94 bits per heavy atom. The van der Waals surface area contributed by atoms with Crippen molar-refractivity contribution < 1.29 is 0 Å². The van der Waals surface area contributed by atoms with Gasteiger partial charge in [0.05, 0.1) is 6.33 Å². The second-order valence-electron chi connectivity index (χ2n) is 5.18. The lowest BCUT2D eigenvalue weighted by Gasteiger charge is -2.25.